The van der Waals surface area contributed by atoms with Crippen molar-refractivity contribution >= 4 is 17.1 Å². The van der Waals surface area contributed by atoms with Crippen molar-refractivity contribution in [3.05, 3.63) is 82.9 Å². The van der Waals surface area contributed by atoms with Crippen LogP contribution in [0.4, 0.5) is 17.1 Å². The van der Waals surface area contributed by atoms with Crippen LogP contribution in [0.3, 0.4) is 0 Å². The summed E-state index contributed by atoms with van der Waals surface area (Å²) in [6.07, 6.45) is 4.93. The zero-order chi connectivity index (χ0) is 17.5. The summed E-state index contributed by atoms with van der Waals surface area (Å²) in [5, 5.41) is 0. The second-order valence-electron chi connectivity index (χ2n) is 7.29. The molecule has 5 rings (SSSR count). The van der Waals surface area contributed by atoms with Gasteiger partial charge < -0.3 is 9.64 Å². The molecular weight excluding hydrogens is 318 g/mol. The van der Waals surface area contributed by atoms with Gasteiger partial charge in [-0.3, -0.25) is 0 Å². The minimum atomic E-state index is 0.609. The van der Waals surface area contributed by atoms with E-state index in [1.54, 1.807) is 5.56 Å². The van der Waals surface area contributed by atoms with Crippen molar-refractivity contribution in [1.82, 2.24) is 0 Å². The first kappa shape index (κ1) is 15.5. The summed E-state index contributed by atoms with van der Waals surface area (Å²) in [5.74, 6) is 0.953. The van der Waals surface area contributed by atoms with Crippen LogP contribution in [-0.4, -0.2) is 0 Å². The van der Waals surface area contributed by atoms with Crippen LogP contribution in [0.1, 0.15) is 35.1 Å². The number of fused-ring (bicyclic) bond motifs is 3. The van der Waals surface area contributed by atoms with Gasteiger partial charge >= 0.3 is 0 Å². The first-order valence-corrected chi connectivity index (χ1v) is 9.54. The first-order chi connectivity index (χ1) is 12.8. The summed E-state index contributed by atoms with van der Waals surface area (Å²) >= 11 is 0. The van der Waals surface area contributed by atoms with Crippen molar-refractivity contribution in [3.63, 3.8) is 0 Å². The first-order valence-electron chi connectivity index (χ1n) is 9.54. The molecule has 0 aromatic heterocycles. The summed E-state index contributed by atoms with van der Waals surface area (Å²) in [5.41, 5.74) is 9.40. The van der Waals surface area contributed by atoms with Gasteiger partial charge in [0, 0.05) is 11.3 Å². The lowest BCUT2D eigenvalue weighted by molar-refractivity contribution is 0.310. The molecule has 0 N–H and O–H groups in total. The van der Waals surface area contributed by atoms with E-state index in [9.17, 15) is 0 Å². The van der Waals surface area contributed by atoms with Crippen LogP contribution in [0.25, 0.3) is 0 Å². The zero-order valence-corrected chi connectivity index (χ0v) is 15.2. The highest BCUT2D eigenvalue weighted by molar-refractivity contribution is 5.84. The van der Waals surface area contributed by atoms with E-state index in [0.717, 1.165) is 17.9 Å². The van der Waals surface area contributed by atoms with E-state index in [1.807, 2.05) is 0 Å². The van der Waals surface area contributed by atoms with Crippen molar-refractivity contribution < 1.29 is 4.74 Å². The van der Waals surface area contributed by atoms with Crippen molar-refractivity contribution in [1.29, 1.82) is 0 Å². The predicted molar refractivity (Wildman–Crippen MR) is 107 cm³/mol. The van der Waals surface area contributed by atoms with E-state index >= 15 is 0 Å². The van der Waals surface area contributed by atoms with Gasteiger partial charge in [-0.15, -0.1) is 0 Å². The molecule has 3 aromatic carbocycles. The molecule has 0 atom stereocenters. The number of aryl methyl sites for hydroxylation is 1. The van der Waals surface area contributed by atoms with E-state index in [1.165, 1.54) is 47.3 Å². The van der Waals surface area contributed by atoms with Gasteiger partial charge in [0.2, 0.25) is 0 Å². The molecule has 130 valence electrons. The molecule has 2 heteroatoms. The molecule has 2 aliphatic rings. The standard InChI is InChI=1S/C24H23NO/c1-17-14-15-22(20-10-4-3-9-19(17)20)25-21-11-5-2-8-18(21)16-26-24-13-7-6-12-23(24)25/h2,5-8,11-15H,3-4,9-10,16H2,1H3. The van der Waals surface area contributed by atoms with Crippen LogP contribution in [0, 0.1) is 6.92 Å². The lowest BCUT2D eigenvalue weighted by Crippen LogP contribution is -2.16. The molecule has 26 heavy (non-hydrogen) atoms. The maximum Gasteiger partial charge on any atom is 0.143 e. The lowest BCUT2D eigenvalue weighted by Gasteiger charge is -2.31. The Kier molecular flexibility index (Phi) is 3.70. The average Bonchev–Trinajstić information content (AvgIpc) is 2.86. The molecule has 0 radical (unpaired) electrons. The lowest BCUT2D eigenvalue weighted by atomic mass is 9.87. The Morgan fingerprint density at radius 3 is 2.35 bits per heavy atom. The summed E-state index contributed by atoms with van der Waals surface area (Å²) in [6.45, 7) is 2.86. The third kappa shape index (κ3) is 2.40. The van der Waals surface area contributed by atoms with Crippen LogP contribution >= 0.6 is 0 Å². The molecule has 3 aromatic rings. The molecule has 2 nitrogen and oxygen atoms in total. The third-order valence-corrected chi connectivity index (χ3v) is 5.71. The van der Waals surface area contributed by atoms with Crippen molar-refractivity contribution in [2.45, 2.75) is 39.2 Å². The Labute approximate surface area is 155 Å². The maximum atomic E-state index is 6.15. The number of anilines is 3. The van der Waals surface area contributed by atoms with Crippen molar-refractivity contribution in [2.75, 3.05) is 4.90 Å². The highest BCUT2D eigenvalue weighted by Gasteiger charge is 2.26. The number of nitrogens with zero attached hydrogens (tertiary/aromatic N) is 1. The number of benzene rings is 3. The monoisotopic (exact) mass is 341 g/mol. The van der Waals surface area contributed by atoms with E-state index in [0.29, 0.717) is 6.61 Å². The number of ether oxygens (including phenoxy) is 1. The maximum absolute atomic E-state index is 6.15. The molecule has 0 amide bonds. The second-order valence-corrected chi connectivity index (χ2v) is 7.29. The van der Waals surface area contributed by atoms with Gasteiger partial charge in [-0.1, -0.05) is 36.4 Å². The Morgan fingerprint density at radius 2 is 1.46 bits per heavy atom. The van der Waals surface area contributed by atoms with Crippen LogP contribution in [0.5, 0.6) is 5.75 Å². The Bertz CT molecular complexity index is 928. The Morgan fingerprint density at radius 1 is 0.731 bits per heavy atom. The molecule has 0 saturated carbocycles. The topological polar surface area (TPSA) is 12.5 Å². The van der Waals surface area contributed by atoms with Gasteiger partial charge in [0.1, 0.15) is 12.4 Å². The Hall–Kier alpha value is -2.74. The molecule has 0 fully saturated rings. The van der Waals surface area contributed by atoms with Gasteiger partial charge in [0.25, 0.3) is 0 Å². The largest absolute Gasteiger partial charge is 0.487 e. The molecule has 1 aliphatic carbocycles. The summed E-state index contributed by atoms with van der Waals surface area (Å²) < 4.78 is 6.15. The summed E-state index contributed by atoms with van der Waals surface area (Å²) in [4.78, 5) is 2.42. The predicted octanol–water partition coefficient (Wildman–Crippen LogP) is 6.24. The van der Waals surface area contributed by atoms with Crippen LogP contribution in [0.2, 0.25) is 0 Å². The molecule has 0 bridgehead atoms. The van der Waals surface area contributed by atoms with Gasteiger partial charge in [-0.25, -0.2) is 0 Å². The number of para-hydroxylation sites is 3. The minimum absolute atomic E-state index is 0.609. The van der Waals surface area contributed by atoms with Gasteiger partial charge in [0.15, 0.2) is 0 Å². The second kappa shape index (κ2) is 6.21. The number of hydrogen-bond acceptors (Lipinski definition) is 2. The van der Waals surface area contributed by atoms with E-state index in [4.69, 9.17) is 4.74 Å². The molecular formula is C24H23NO. The van der Waals surface area contributed by atoms with E-state index in [-0.39, 0.29) is 0 Å². The molecule has 0 saturated heterocycles. The normalized spacial score (nSPS) is 15.3. The molecule has 1 aliphatic heterocycles. The smallest absolute Gasteiger partial charge is 0.143 e. The number of hydrogen-bond donors (Lipinski definition) is 0. The summed E-state index contributed by atoms with van der Waals surface area (Å²) in [6, 6.07) is 21.6. The van der Waals surface area contributed by atoms with Gasteiger partial charge in [-0.2, -0.15) is 0 Å². The SMILES string of the molecule is Cc1ccc(N2c3ccccc3COc3ccccc32)c2c1CCCC2. The van der Waals surface area contributed by atoms with Crippen LogP contribution in [0.15, 0.2) is 60.7 Å². The van der Waals surface area contributed by atoms with E-state index in [2.05, 4.69) is 72.5 Å². The molecule has 0 unspecified atom stereocenters. The van der Waals surface area contributed by atoms with Crippen molar-refractivity contribution in [2.24, 2.45) is 0 Å². The van der Waals surface area contributed by atoms with Gasteiger partial charge in [0.05, 0.1) is 11.4 Å². The molecule has 0 spiro atoms. The molecule has 1 heterocycles. The highest BCUT2D eigenvalue weighted by atomic mass is 16.5. The van der Waals surface area contributed by atoms with Crippen molar-refractivity contribution in [3.8, 4) is 5.75 Å². The fourth-order valence-corrected chi connectivity index (χ4v) is 4.40. The average molecular weight is 341 g/mol. The zero-order valence-electron chi connectivity index (χ0n) is 15.2. The third-order valence-electron chi connectivity index (χ3n) is 5.71. The Balaban J connectivity index is 1.79. The van der Waals surface area contributed by atoms with E-state index < -0.39 is 0 Å². The fraction of sp³-hybridized carbons (Fsp3) is 0.250. The number of rotatable bonds is 1. The van der Waals surface area contributed by atoms with Crippen LogP contribution < -0.4 is 9.64 Å². The quantitative estimate of drug-likeness (QED) is 0.520. The van der Waals surface area contributed by atoms with Gasteiger partial charge in [-0.05, 0) is 73.6 Å². The fourth-order valence-electron chi connectivity index (χ4n) is 4.40. The van der Waals surface area contributed by atoms with Crippen LogP contribution in [-0.2, 0) is 19.4 Å². The minimum Gasteiger partial charge on any atom is -0.487 e. The summed E-state index contributed by atoms with van der Waals surface area (Å²) in [7, 11) is 0. The highest BCUT2D eigenvalue weighted by Crippen LogP contribution is 2.46.